The van der Waals surface area contributed by atoms with Crippen LogP contribution in [-0.2, 0) is 14.9 Å². The van der Waals surface area contributed by atoms with Crippen LogP contribution in [-0.4, -0.2) is 50.3 Å². The molecule has 1 heterocycles. The van der Waals surface area contributed by atoms with Gasteiger partial charge in [0.15, 0.2) is 0 Å². The highest BCUT2D eigenvalue weighted by molar-refractivity contribution is 5.99. The maximum atomic E-state index is 13.4. The van der Waals surface area contributed by atoms with E-state index in [0.29, 0.717) is 38.3 Å². The molecule has 0 radical (unpaired) electrons. The zero-order valence-corrected chi connectivity index (χ0v) is 17.8. The van der Waals surface area contributed by atoms with E-state index in [1.165, 1.54) is 12.1 Å². The summed E-state index contributed by atoms with van der Waals surface area (Å²) in [5.74, 6) is 0.380. The Bertz CT molecular complexity index is 798. The highest BCUT2D eigenvalue weighted by atomic mass is 19.1. The standard InChI is InChI=1S/C24H31FN2O3/c1-3-27(4-2)15-18-30-22-11-9-21(10-12-22)26-23(28)24(13-16-29-17-14-24)19-5-7-20(25)8-6-19/h5-12H,3-4,13-18H2,1-2H3,(H,26,28). The number of nitrogens with zero attached hydrogens (tertiary/aromatic N) is 1. The lowest BCUT2D eigenvalue weighted by molar-refractivity contribution is -0.125. The van der Waals surface area contributed by atoms with E-state index in [1.54, 1.807) is 12.1 Å². The molecule has 2 aromatic carbocycles. The number of amides is 1. The Morgan fingerprint density at radius 1 is 1.07 bits per heavy atom. The highest BCUT2D eigenvalue weighted by Crippen LogP contribution is 2.36. The van der Waals surface area contributed by atoms with Crippen molar-refractivity contribution >= 4 is 11.6 Å². The Morgan fingerprint density at radius 2 is 1.70 bits per heavy atom. The summed E-state index contributed by atoms with van der Waals surface area (Å²) < 4.78 is 24.7. The smallest absolute Gasteiger partial charge is 0.235 e. The van der Waals surface area contributed by atoms with Crippen LogP contribution in [0.4, 0.5) is 10.1 Å². The van der Waals surface area contributed by atoms with E-state index in [1.807, 2.05) is 24.3 Å². The van der Waals surface area contributed by atoms with Gasteiger partial charge in [-0.2, -0.15) is 0 Å². The Balaban J connectivity index is 1.65. The van der Waals surface area contributed by atoms with Crippen molar-refractivity contribution in [2.24, 2.45) is 0 Å². The van der Waals surface area contributed by atoms with Crippen LogP contribution in [0.25, 0.3) is 0 Å². The lowest BCUT2D eigenvalue weighted by Gasteiger charge is -2.36. The molecule has 3 rings (SSSR count). The summed E-state index contributed by atoms with van der Waals surface area (Å²) in [6, 6.07) is 13.7. The minimum atomic E-state index is -0.717. The second-order valence-electron chi connectivity index (χ2n) is 7.56. The summed E-state index contributed by atoms with van der Waals surface area (Å²) in [6.07, 6.45) is 1.13. The average molecular weight is 415 g/mol. The first-order valence-corrected chi connectivity index (χ1v) is 10.7. The molecule has 0 aliphatic carbocycles. The van der Waals surface area contributed by atoms with Gasteiger partial charge in [-0.1, -0.05) is 26.0 Å². The number of nitrogens with one attached hydrogen (secondary N) is 1. The van der Waals surface area contributed by atoms with E-state index >= 15 is 0 Å². The fourth-order valence-electron chi connectivity index (χ4n) is 3.85. The first-order valence-electron chi connectivity index (χ1n) is 10.7. The molecule has 2 aromatic rings. The SMILES string of the molecule is CCN(CC)CCOc1ccc(NC(=O)C2(c3ccc(F)cc3)CCOCC2)cc1. The van der Waals surface area contributed by atoms with Crippen molar-refractivity contribution in [1.82, 2.24) is 4.90 Å². The first kappa shape index (κ1) is 22.2. The van der Waals surface area contributed by atoms with E-state index in [4.69, 9.17) is 9.47 Å². The third-order valence-corrected chi connectivity index (χ3v) is 5.86. The van der Waals surface area contributed by atoms with Crippen molar-refractivity contribution in [3.8, 4) is 5.75 Å². The van der Waals surface area contributed by atoms with Crippen molar-refractivity contribution in [3.05, 3.63) is 59.9 Å². The van der Waals surface area contributed by atoms with Crippen LogP contribution >= 0.6 is 0 Å². The second kappa shape index (κ2) is 10.5. The minimum Gasteiger partial charge on any atom is -0.492 e. The van der Waals surface area contributed by atoms with Crippen molar-refractivity contribution in [2.45, 2.75) is 32.1 Å². The fourth-order valence-corrected chi connectivity index (χ4v) is 3.85. The lowest BCUT2D eigenvalue weighted by Crippen LogP contribution is -2.44. The van der Waals surface area contributed by atoms with Crippen LogP contribution in [0.3, 0.4) is 0 Å². The topological polar surface area (TPSA) is 50.8 Å². The number of carbonyl (C=O) groups is 1. The largest absolute Gasteiger partial charge is 0.492 e. The number of halogens is 1. The molecule has 0 atom stereocenters. The Hall–Kier alpha value is -2.44. The van der Waals surface area contributed by atoms with Crippen LogP contribution in [0.5, 0.6) is 5.75 Å². The molecule has 6 heteroatoms. The zero-order chi connectivity index (χ0) is 21.4. The van der Waals surface area contributed by atoms with E-state index in [0.717, 1.165) is 30.9 Å². The van der Waals surface area contributed by atoms with Crippen LogP contribution in [0.2, 0.25) is 0 Å². The molecule has 5 nitrogen and oxygen atoms in total. The highest BCUT2D eigenvalue weighted by Gasteiger charge is 2.41. The van der Waals surface area contributed by atoms with Gasteiger partial charge in [0.05, 0.1) is 5.41 Å². The van der Waals surface area contributed by atoms with Gasteiger partial charge in [-0.25, -0.2) is 4.39 Å². The van der Waals surface area contributed by atoms with Gasteiger partial charge in [0, 0.05) is 25.4 Å². The molecular weight excluding hydrogens is 383 g/mol. The predicted molar refractivity (Wildman–Crippen MR) is 116 cm³/mol. The van der Waals surface area contributed by atoms with E-state index in [2.05, 4.69) is 24.1 Å². The number of rotatable bonds is 9. The molecule has 0 bridgehead atoms. The number of carbonyl (C=O) groups excluding carboxylic acids is 1. The molecule has 0 unspecified atom stereocenters. The van der Waals surface area contributed by atoms with Crippen molar-refractivity contribution in [2.75, 3.05) is 44.8 Å². The van der Waals surface area contributed by atoms with E-state index < -0.39 is 5.41 Å². The summed E-state index contributed by atoms with van der Waals surface area (Å²) >= 11 is 0. The quantitative estimate of drug-likeness (QED) is 0.667. The van der Waals surface area contributed by atoms with Gasteiger partial charge in [0.25, 0.3) is 0 Å². The van der Waals surface area contributed by atoms with Gasteiger partial charge >= 0.3 is 0 Å². The van der Waals surface area contributed by atoms with Crippen LogP contribution in [0.1, 0.15) is 32.3 Å². The molecule has 0 spiro atoms. The molecule has 162 valence electrons. The fraction of sp³-hybridized carbons (Fsp3) is 0.458. The summed E-state index contributed by atoms with van der Waals surface area (Å²) in [5, 5.41) is 3.03. The van der Waals surface area contributed by atoms with E-state index in [9.17, 15) is 9.18 Å². The summed E-state index contributed by atoms with van der Waals surface area (Å²) in [5.41, 5.74) is 0.815. The molecule has 1 fully saturated rings. The van der Waals surface area contributed by atoms with Gasteiger partial charge < -0.3 is 19.7 Å². The number of hydrogen-bond donors (Lipinski definition) is 1. The normalized spacial score (nSPS) is 15.7. The summed E-state index contributed by atoms with van der Waals surface area (Å²) in [7, 11) is 0. The zero-order valence-electron chi connectivity index (χ0n) is 17.8. The van der Waals surface area contributed by atoms with Gasteiger partial charge in [-0.3, -0.25) is 4.79 Å². The first-order chi connectivity index (χ1) is 14.6. The molecule has 0 aromatic heterocycles. The molecule has 1 amide bonds. The minimum absolute atomic E-state index is 0.0902. The van der Waals surface area contributed by atoms with Gasteiger partial charge in [-0.05, 0) is 67.9 Å². The molecular formula is C24H31FN2O3. The van der Waals surface area contributed by atoms with E-state index in [-0.39, 0.29) is 11.7 Å². The number of likely N-dealkylation sites (N-methyl/N-ethyl adjacent to an activating group) is 1. The summed E-state index contributed by atoms with van der Waals surface area (Å²) in [6.45, 7) is 8.80. The molecule has 30 heavy (non-hydrogen) atoms. The molecule has 1 N–H and O–H groups in total. The maximum absolute atomic E-state index is 13.4. The average Bonchev–Trinajstić information content (AvgIpc) is 2.79. The number of ether oxygens (including phenoxy) is 2. The van der Waals surface area contributed by atoms with Crippen molar-refractivity contribution in [1.29, 1.82) is 0 Å². The second-order valence-corrected chi connectivity index (χ2v) is 7.56. The number of anilines is 1. The van der Waals surface area contributed by atoms with Gasteiger partial charge in [-0.15, -0.1) is 0 Å². The van der Waals surface area contributed by atoms with Crippen molar-refractivity contribution in [3.63, 3.8) is 0 Å². The number of benzene rings is 2. The molecule has 1 aliphatic rings. The molecule has 0 saturated carbocycles. The van der Waals surface area contributed by atoms with Crippen LogP contribution in [0.15, 0.2) is 48.5 Å². The molecule has 1 saturated heterocycles. The Morgan fingerprint density at radius 3 is 2.30 bits per heavy atom. The lowest BCUT2D eigenvalue weighted by atomic mass is 9.73. The van der Waals surface area contributed by atoms with Gasteiger partial charge in [0.1, 0.15) is 18.2 Å². The number of hydrogen-bond acceptors (Lipinski definition) is 4. The Labute approximate surface area is 178 Å². The predicted octanol–water partition coefficient (Wildman–Crippen LogP) is 4.23. The Kier molecular flexibility index (Phi) is 7.82. The maximum Gasteiger partial charge on any atom is 0.235 e. The van der Waals surface area contributed by atoms with Crippen LogP contribution < -0.4 is 10.1 Å². The third kappa shape index (κ3) is 5.37. The summed E-state index contributed by atoms with van der Waals surface area (Å²) in [4.78, 5) is 15.6. The van der Waals surface area contributed by atoms with Gasteiger partial charge in [0.2, 0.25) is 5.91 Å². The molecule has 1 aliphatic heterocycles. The van der Waals surface area contributed by atoms with Crippen LogP contribution in [0, 0.1) is 5.82 Å². The monoisotopic (exact) mass is 414 g/mol. The third-order valence-electron chi connectivity index (χ3n) is 5.86. The van der Waals surface area contributed by atoms with Crippen molar-refractivity contribution < 1.29 is 18.7 Å².